The van der Waals surface area contributed by atoms with Crippen LogP contribution in [0.15, 0.2) is 54.6 Å². The molecule has 0 bridgehead atoms. The fraction of sp³-hybridized carbons (Fsp3) is 0.455. The van der Waals surface area contributed by atoms with Gasteiger partial charge < -0.3 is 0 Å². The monoisotopic (exact) mass is 561 g/mol. The summed E-state index contributed by atoms with van der Waals surface area (Å²) >= 11 is -1.79. The van der Waals surface area contributed by atoms with Gasteiger partial charge in [-0.1, -0.05) is 0 Å². The van der Waals surface area contributed by atoms with Crippen LogP contribution in [-0.4, -0.2) is 53.9 Å². The molecule has 0 aliphatic carbocycles. The zero-order valence-corrected chi connectivity index (χ0v) is 26.6. The van der Waals surface area contributed by atoms with Gasteiger partial charge in [0, 0.05) is 0 Å². The molecule has 3 aromatic rings. The van der Waals surface area contributed by atoms with E-state index in [0.717, 1.165) is 39.3 Å². The summed E-state index contributed by atoms with van der Waals surface area (Å²) in [5.41, 5.74) is 8.27. The van der Waals surface area contributed by atoms with E-state index < -0.39 is 14.7 Å². The summed E-state index contributed by atoms with van der Waals surface area (Å²) in [5, 5.41) is 0. The molecular formula is C33H48AsN3. The standard InChI is InChI=1S/C33H48AsN3/c1-10-35(11-2)28-16-19-31(25(7)22-28)34(32-20-17-29(23-26(32)8)36(12-3)13-4)33-21-18-30(24-27(33)9)37(14-5)15-6/h16-24H,10-15H2,1-9H3. The van der Waals surface area contributed by atoms with Gasteiger partial charge in [0.1, 0.15) is 0 Å². The van der Waals surface area contributed by atoms with E-state index in [9.17, 15) is 0 Å². The summed E-state index contributed by atoms with van der Waals surface area (Å²) in [4.78, 5) is 7.34. The zero-order chi connectivity index (χ0) is 27.1. The summed E-state index contributed by atoms with van der Waals surface area (Å²) < 4.78 is 4.63. The predicted molar refractivity (Wildman–Crippen MR) is 169 cm³/mol. The molecule has 0 N–H and O–H groups in total. The number of benzene rings is 3. The molecule has 0 aliphatic rings. The van der Waals surface area contributed by atoms with E-state index in [-0.39, 0.29) is 0 Å². The quantitative estimate of drug-likeness (QED) is 0.264. The Bertz CT molecular complexity index is 1010. The molecule has 0 aliphatic heterocycles. The van der Waals surface area contributed by atoms with Crippen molar-refractivity contribution in [1.82, 2.24) is 0 Å². The van der Waals surface area contributed by atoms with Crippen molar-refractivity contribution in [3.63, 3.8) is 0 Å². The molecule has 0 aromatic heterocycles. The van der Waals surface area contributed by atoms with Crippen LogP contribution in [-0.2, 0) is 0 Å². The summed E-state index contributed by atoms with van der Waals surface area (Å²) in [6.45, 7) is 26.6. The van der Waals surface area contributed by atoms with Crippen LogP contribution in [0.3, 0.4) is 0 Å². The second-order valence-corrected chi connectivity index (χ2v) is 14.2. The first kappa shape index (κ1) is 29.2. The minimum atomic E-state index is -1.79. The van der Waals surface area contributed by atoms with Gasteiger partial charge in [0.15, 0.2) is 0 Å². The third-order valence-corrected chi connectivity index (χ3v) is 13.8. The average Bonchev–Trinajstić information content (AvgIpc) is 2.89. The van der Waals surface area contributed by atoms with Crippen molar-refractivity contribution in [1.29, 1.82) is 0 Å². The van der Waals surface area contributed by atoms with Gasteiger partial charge in [-0.3, -0.25) is 0 Å². The number of aryl methyl sites for hydroxylation is 3. The molecule has 0 saturated carbocycles. The van der Waals surface area contributed by atoms with E-state index in [1.54, 1.807) is 13.1 Å². The third kappa shape index (κ3) is 6.37. The van der Waals surface area contributed by atoms with Crippen molar-refractivity contribution in [2.45, 2.75) is 62.3 Å². The normalized spacial score (nSPS) is 11.2. The van der Waals surface area contributed by atoms with Gasteiger partial charge >= 0.3 is 232 Å². The van der Waals surface area contributed by atoms with Gasteiger partial charge in [-0.05, 0) is 0 Å². The van der Waals surface area contributed by atoms with Crippen molar-refractivity contribution >= 4 is 44.8 Å². The summed E-state index contributed by atoms with van der Waals surface area (Å²) in [6, 6.07) is 21.7. The van der Waals surface area contributed by atoms with Crippen molar-refractivity contribution in [2.75, 3.05) is 54.0 Å². The molecule has 0 saturated heterocycles. The number of hydrogen-bond acceptors (Lipinski definition) is 3. The number of nitrogens with zero attached hydrogens (tertiary/aromatic N) is 3. The first-order valence-corrected chi connectivity index (χ1v) is 17.0. The average molecular weight is 562 g/mol. The van der Waals surface area contributed by atoms with Gasteiger partial charge in [-0.2, -0.15) is 0 Å². The molecule has 0 unspecified atom stereocenters. The Labute approximate surface area is 231 Å². The Hall–Kier alpha value is -2.38. The molecule has 3 rings (SSSR count). The predicted octanol–water partition coefficient (Wildman–Crippen LogP) is 5.67. The van der Waals surface area contributed by atoms with Crippen LogP contribution in [0.25, 0.3) is 0 Å². The molecule has 0 spiro atoms. The van der Waals surface area contributed by atoms with Gasteiger partial charge in [-0.25, -0.2) is 0 Å². The van der Waals surface area contributed by atoms with Crippen molar-refractivity contribution in [3.8, 4) is 0 Å². The molecular weight excluding hydrogens is 513 g/mol. The number of anilines is 3. The van der Waals surface area contributed by atoms with Crippen LogP contribution >= 0.6 is 0 Å². The van der Waals surface area contributed by atoms with E-state index in [1.165, 1.54) is 33.8 Å². The van der Waals surface area contributed by atoms with Crippen LogP contribution in [0, 0.1) is 20.8 Å². The van der Waals surface area contributed by atoms with Crippen LogP contribution < -0.4 is 27.8 Å². The fourth-order valence-corrected chi connectivity index (χ4v) is 11.1. The minimum absolute atomic E-state index is 1.04. The molecule has 0 amide bonds. The zero-order valence-electron chi connectivity index (χ0n) is 24.7. The molecule has 0 radical (unpaired) electrons. The van der Waals surface area contributed by atoms with Crippen LogP contribution in [0.4, 0.5) is 17.1 Å². The second kappa shape index (κ2) is 13.4. The van der Waals surface area contributed by atoms with E-state index in [4.69, 9.17) is 0 Å². The van der Waals surface area contributed by atoms with E-state index in [1.807, 2.05) is 0 Å². The molecule has 0 heterocycles. The first-order chi connectivity index (χ1) is 17.8. The van der Waals surface area contributed by atoms with Gasteiger partial charge in [0.05, 0.1) is 0 Å². The van der Waals surface area contributed by atoms with E-state index >= 15 is 0 Å². The molecule has 0 fully saturated rings. The van der Waals surface area contributed by atoms with Gasteiger partial charge in [0.25, 0.3) is 0 Å². The van der Waals surface area contributed by atoms with Crippen molar-refractivity contribution in [2.24, 2.45) is 0 Å². The Morgan fingerprint density at radius 3 is 0.865 bits per heavy atom. The van der Waals surface area contributed by atoms with Crippen molar-refractivity contribution < 1.29 is 0 Å². The Morgan fingerprint density at radius 1 is 0.432 bits per heavy atom. The number of hydrogen-bond donors (Lipinski definition) is 0. The van der Waals surface area contributed by atoms with Gasteiger partial charge in [-0.15, -0.1) is 0 Å². The molecule has 3 nitrogen and oxygen atoms in total. The second-order valence-electron chi connectivity index (χ2n) is 9.76. The van der Waals surface area contributed by atoms with E-state index in [2.05, 4.69) is 132 Å². The molecule has 37 heavy (non-hydrogen) atoms. The van der Waals surface area contributed by atoms with Crippen LogP contribution in [0.1, 0.15) is 58.2 Å². The Kier molecular flexibility index (Phi) is 10.6. The molecule has 3 aromatic carbocycles. The van der Waals surface area contributed by atoms with Crippen molar-refractivity contribution in [3.05, 3.63) is 71.3 Å². The number of rotatable bonds is 12. The summed E-state index contributed by atoms with van der Waals surface area (Å²) in [7, 11) is 0. The Balaban J connectivity index is 2.20. The van der Waals surface area contributed by atoms with E-state index in [0.29, 0.717) is 0 Å². The SMILES string of the molecule is CCN(CC)c1ccc([As](c2ccc(N(CC)CC)cc2C)c2ccc(N(CC)CC)cc2C)c(C)c1. The third-order valence-electron chi connectivity index (χ3n) is 7.65. The maximum atomic E-state index is 2.45. The Morgan fingerprint density at radius 2 is 0.676 bits per heavy atom. The molecule has 0 atom stereocenters. The van der Waals surface area contributed by atoms with Crippen LogP contribution in [0.5, 0.6) is 0 Å². The topological polar surface area (TPSA) is 9.72 Å². The molecule has 4 heteroatoms. The maximum absolute atomic E-state index is 2.45. The summed E-state index contributed by atoms with van der Waals surface area (Å²) in [6.07, 6.45) is 0. The van der Waals surface area contributed by atoms with Gasteiger partial charge in [0.2, 0.25) is 0 Å². The first-order valence-electron chi connectivity index (χ1n) is 14.2. The summed E-state index contributed by atoms with van der Waals surface area (Å²) in [5.74, 6) is 0. The fourth-order valence-electron chi connectivity index (χ4n) is 5.42. The molecule has 200 valence electrons. The van der Waals surface area contributed by atoms with Crippen LogP contribution in [0.2, 0.25) is 0 Å².